The van der Waals surface area contributed by atoms with Gasteiger partial charge in [-0.15, -0.1) is 0 Å². The Balaban J connectivity index is 1.82. The van der Waals surface area contributed by atoms with Crippen molar-refractivity contribution in [3.05, 3.63) is 75.7 Å². The third-order valence-corrected chi connectivity index (χ3v) is 4.95. The van der Waals surface area contributed by atoms with Gasteiger partial charge in [0.25, 0.3) is 11.5 Å². The number of nitrogens with zero attached hydrogens (tertiary/aromatic N) is 2. The Morgan fingerprint density at radius 1 is 1.03 bits per heavy atom. The number of nitrogens with one attached hydrogen (secondary N) is 3. The van der Waals surface area contributed by atoms with Crippen LogP contribution in [-0.4, -0.2) is 34.7 Å². The fourth-order valence-electron chi connectivity index (χ4n) is 3.32. The van der Waals surface area contributed by atoms with E-state index in [4.69, 9.17) is 9.47 Å². The number of ether oxygens (including phenoxy) is 2. The number of methoxy groups -OCH3 is 2. The lowest BCUT2D eigenvalue weighted by Gasteiger charge is -2.12. The summed E-state index contributed by atoms with van der Waals surface area (Å²) in [4.78, 5) is 30.2. The molecule has 9 nitrogen and oxygen atoms in total. The molecule has 0 aliphatic rings. The van der Waals surface area contributed by atoms with Crippen LogP contribution in [0.4, 0.5) is 17.2 Å². The first-order chi connectivity index (χ1) is 15.4. The minimum atomic E-state index is -0.417. The average molecular weight is 433 g/mol. The van der Waals surface area contributed by atoms with Crippen molar-refractivity contribution in [1.29, 1.82) is 0 Å². The number of hydrogen-bond acceptors (Lipinski definition) is 6. The summed E-state index contributed by atoms with van der Waals surface area (Å²) in [5.74, 6) is 1.01. The van der Waals surface area contributed by atoms with Crippen LogP contribution in [0.3, 0.4) is 0 Å². The van der Waals surface area contributed by atoms with Crippen molar-refractivity contribution in [1.82, 2.24) is 14.6 Å². The van der Waals surface area contributed by atoms with Gasteiger partial charge in [0.05, 0.1) is 19.9 Å². The average Bonchev–Trinajstić information content (AvgIpc) is 3.13. The topological polar surface area (TPSA) is 110 Å². The summed E-state index contributed by atoms with van der Waals surface area (Å²) in [7, 11) is 3.10. The van der Waals surface area contributed by atoms with Crippen LogP contribution >= 0.6 is 0 Å². The Labute approximate surface area is 184 Å². The number of aromatic nitrogens is 3. The van der Waals surface area contributed by atoms with E-state index in [9.17, 15) is 9.59 Å². The number of anilines is 3. The number of hydrogen-bond donors (Lipinski definition) is 3. The standard InChI is InChI=1S/C23H23N5O4/c1-13-5-7-15(8-6-13)25-23(30)20-21(27-28-19(29)11-14(2)24-22(20)28)26-17-10-9-16(31-3)12-18(17)32-4/h5-12,26-27H,1-4H3,(H,25,30). The van der Waals surface area contributed by atoms with Gasteiger partial charge >= 0.3 is 0 Å². The quantitative estimate of drug-likeness (QED) is 0.428. The molecule has 0 spiro atoms. The van der Waals surface area contributed by atoms with E-state index in [0.29, 0.717) is 34.4 Å². The van der Waals surface area contributed by atoms with E-state index in [2.05, 4.69) is 20.7 Å². The second kappa shape index (κ2) is 8.46. The predicted molar refractivity (Wildman–Crippen MR) is 123 cm³/mol. The maximum atomic E-state index is 13.3. The van der Waals surface area contributed by atoms with Gasteiger partial charge in [0.15, 0.2) is 5.65 Å². The molecule has 32 heavy (non-hydrogen) atoms. The molecule has 0 saturated heterocycles. The lowest BCUT2D eigenvalue weighted by Crippen LogP contribution is -2.17. The van der Waals surface area contributed by atoms with E-state index in [1.165, 1.54) is 17.7 Å². The Morgan fingerprint density at radius 2 is 1.78 bits per heavy atom. The Bertz CT molecular complexity index is 1360. The number of aryl methyl sites for hydroxylation is 2. The molecule has 4 aromatic rings. The number of rotatable bonds is 6. The van der Waals surface area contributed by atoms with E-state index in [1.54, 1.807) is 32.2 Å². The molecule has 0 radical (unpaired) electrons. The zero-order valence-electron chi connectivity index (χ0n) is 18.1. The van der Waals surface area contributed by atoms with Crippen LogP contribution in [0.5, 0.6) is 11.5 Å². The first-order valence-corrected chi connectivity index (χ1v) is 9.89. The van der Waals surface area contributed by atoms with Gasteiger partial charge < -0.3 is 20.1 Å². The number of fused-ring (bicyclic) bond motifs is 1. The lowest BCUT2D eigenvalue weighted by atomic mass is 10.2. The molecule has 0 bridgehead atoms. The van der Waals surface area contributed by atoms with Gasteiger partial charge in [-0.05, 0) is 38.1 Å². The van der Waals surface area contributed by atoms with Crippen LogP contribution in [0.25, 0.3) is 5.65 Å². The predicted octanol–water partition coefficient (Wildman–Crippen LogP) is 3.65. The summed E-state index contributed by atoms with van der Waals surface area (Å²) >= 11 is 0. The zero-order chi connectivity index (χ0) is 22.8. The van der Waals surface area contributed by atoms with E-state index in [1.807, 2.05) is 31.2 Å². The second-order valence-electron chi connectivity index (χ2n) is 7.27. The monoisotopic (exact) mass is 433 g/mol. The van der Waals surface area contributed by atoms with Crippen molar-refractivity contribution in [2.24, 2.45) is 0 Å². The maximum absolute atomic E-state index is 13.3. The normalized spacial score (nSPS) is 10.8. The molecule has 0 aliphatic heterocycles. The molecule has 164 valence electrons. The van der Waals surface area contributed by atoms with Crippen molar-refractivity contribution in [3.8, 4) is 11.5 Å². The first kappa shape index (κ1) is 21.0. The number of H-pyrrole nitrogens is 1. The second-order valence-corrected chi connectivity index (χ2v) is 7.27. The van der Waals surface area contributed by atoms with Gasteiger partial charge in [-0.1, -0.05) is 17.7 Å². The van der Waals surface area contributed by atoms with Crippen LogP contribution in [0, 0.1) is 13.8 Å². The molecule has 4 rings (SSSR count). The highest BCUT2D eigenvalue weighted by molar-refractivity contribution is 6.12. The number of aromatic amines is 1. The number of amides is 1. The van der Waals surface area contributed by atoms with E-state index >= 15 is 0 Å². The van der Waals surface area contributed by atoms with E-state index in [-0.39, 0.29) is 16.8 Å². The summed E-state index contributed by atoms with van der Waals surface area (Å²) in [6.45, 7) is 3.67. The van der Waals surface area contributed by atoms with Gasteiger partial charge in [0, 0.05) is 23.5 Å². The molecule has 0 unspecified atom stereocenters. The first-order valence-electron chi connectivity index (χ1n) is 9.89. The molecule has 3 N–H and O–H groups in total. The minimum Gasteiger partial charge on any atom is -0.497 e. The Kier molecular flexibility index (Phi) is 5.55. The smallest absolute Gasteiger partial charge is 0.272 e. The van der Waals surface area contributed by atoms with E-state index in [0.717, 1.165) is 5.56 Å². The minimum absolute atomic E-state index is 0.198. The summed E-state index contributed by atoms with van der Waals surface area (Å²) in [5, 5.41) is 8.98. The van der Waals surface area contributed by atoms with Crippen molar-refractivity contribution < 1.29 is 14.3 Å². The van der Waals surface area contributed by atoms with Gasteiger partial charge in [0.1, 0.15) is 22.9 Å². The third-order valence-electron chi connectivity index (χ3n) is 4.95. The molecule has 1 amide bonds. The Hall–Kier alpha value is -4.27. The summed E-state index contributed by atoms with van der Waals surface area (Å²) in [6.07, 6.45) is 0. The summed E-state index contributed by atoms with van der Waals surface area (Å²) < 4.78 is 11.9. The molecule has 2 aromatic heterocycles. The summed E-state index contributed by atoms with van der Waals surface area (Å²) in [5.41, 5.74) is 2.88. The van der Waals surface area contributed by atoms with Crippen molar-refractivity contribution >= 4 is 28.7 Å². The van der Waals surface area contributed by atoms with Crippen LogP contribution in [-0.2, 0) is 0 Å². The highest BCUT2D eigenvalue weighted by Crippen LogP contribution is 2.33. The SMILES string of the molecule is COc1ccc(Nc2[nH]n3c(=O)cc(C)nc3c2C(=O)Nc2ccc(C)cc2)c(OC)c1. The third kappa shape index (κ3) is 4.00. The van der Waals surface area contributed by atoms with Crippen molar-refractivity contribution in [2.45, 2.75) is 13.8 Å². The van der Waals surface area contributed by atoms with Crippen LogP contribution < -0.4 is 25.7 Å². The molecule has 0 aliphatic carbocycles. The number of benzene rings is 2. The van der Waals surface area contributed by atoms with Gasteiger partial charge in [0.2, 0.25) is 0 Å². The van der Waals surface area contributed by atoms with E-state index < -0.39 is 5.91 Å². The number of carbonyl (C=O) groups is 1. The van der Waals surface area contributed by atoms with Gasteiger partial charge in [-0.2, -0.15) is 4.52 Å². The highest BCUT2D eigenvalue weighted by atomic mass is 16.5. The molecule has 2 heterocycles. The van der Waals surface area contributed by atoms with Crippen molar-refractivity contribution in [3.63, 3.8) is 0 Å². The molecule has 0 saturated carbocycles. The van der Waals surface area contributed by atoms with Crippen molar-refractivity contribution in [2.75, 3.05) is 24.9 Å². The maximum Gasteiger partial charge on any atom is 0.272 e. The van der Waals surface area contributed by atoms with Crippen LogP contribution in [0.2, 0.25) is 0 Å². The summed E-state index contributed by atoms with van der Waals surface area (Å²) in [6, 6.07) is 14.0. The number of carbonyl (C=O) groups excluding carboxylic acids is 1. The molecular formula is C23H23N5O4. The lowest BCUT2D eigenvalue weighted by molar-refractivity contribution is 0.102. The highest BCUT2D eigenvalue weighted by Gasteiger charge is 2.23. The van der Waals surface area contributed by atoms with Crippen LogP contribution in [0.15, 0.2) is 53.3 Å². The van der Waals surface area contributed by atoms with Gasteiger partial charge in [-0.25, -0.2) is 4.98 Å². The molecule has 0 atom stereocenters. The Morgan fingerprint density at radius 3 is 2.47 bits per heavy atom. The zero-order valence-corrected chi connectivity index (χ0v) is 18.1. The fraction of sp³-hybridized carbons (Fsp3) is 0.174. The van der Waals surface area contributed by atoms with Gasteiger partial charge in [-0.3, -0.25) is 14.7 Å². The fourth-order valence-corrected chi connectivity index (χ4v) is 3.32. The molecular weight excluding hydrogens is 410 g/mol. The molecule has 9 heteroatoms. The largest absolute Gasteiger partial charge is 0.497 e. The molecule has 0 fully saturated rings. The molecule has 2 aromatic carbocycles. The van der Waals surface area contributed by atoms with Crippen LogP contribution in [0.1, 0.15) is 21.6 Å².